The molecule has 2 unspecified atom stereocenters. The van der Waals surface area contributed by atoms with Gasteiger partial charge in [-0.15, -0.1) is 0 Å². The van der Waals surface area contributed by atoms with Gasteiger partial charge in [0.05, 0.1) is 5.60 Å². The van der Waals surface area contributed by atoms with Gasteiger partial charge in [0.25, 0.3) is 5.91 Å². The normalized spacial score (nSPS) is 19.3. The average Bonchev–Trinajstić information content (AvgIpc) is 2.65. The summed E-state index contributed by atoms with van der Waals surface area (Å²) in [5.41, 5.74) is 0.915. The molecule has 5 heteroatoms. The Morgan fingerprint density at radius 1 is 1.20 bits per heavy atom. The molecule has 1 heterocycles. The van der Waals surface area contributed by atoms with Crippen molar-refractivity contribution in [2.45, 2.75) is 39.7 Å². The summed E-state index contributed by atoms with van der Waals surface area (Å²) in [6, 6.07) is 7.77. The molecule has 5 nitrogen and oxygen atoms in total. The summed E-state index contributed by atoms with van der Waals surface area (Å²) in [7, 11) is 0. The van der Waals surface area contributed by atoms with E-state index in [4.69, 9.17) is 0 Å². The van der Waals surface area contributed by atoms with Gasteiger partial charge in [0, 0.05) is 44.0 Å². The van der Waals surface area contributed by atoms with Crippen LogP contribution in [0.4, 0.5) is 5.69 Å². The first kappa shape index (κ1) is 19.7. The molecule has 25 heavy (non-hydrogen) atoms. The van der Waals surface area contributed by atoms with Crippen LogP contribution in [0.5, 0.6) is 0 Å². The van der Waals surface area contributed by atoms with E-state index in [1.54, 1.807) is 6.92 Å². The lowest BCUT2D eigenvalue weighted by Gasteiger charge is -2.35. The second kappa shape index (κ2) is 8.68. The van der Waals surface area contributed by atoms with E-state index in [9.17, 15) is 9.90 Å². The Morgan fingerprint density at radius 2 is 1.80 bits per heavy atom. The Morgan fingerprint density at radius 3 is 2.32 bits per heavy atom. The van der Waals surface area contributed by atoms with E-state index >= 15 is 0 Å². The molecule has 0 spiro atoms. The van der Waals surface area contributed by atoms with Gasteiger partial charge in [0.2, 0.25) is 0 Å². The molecular weight excluding hydrogens is 314 g/mol. The van der Waals surface area contributed by atoms with Crippen LogP contribution in [0, 0.1) is 5.92 Å². The monoisotopic (exact) mass is 347 g/mol. The van der Waals surface area contributed by atoms with Crippen LogP contribution in [0.15, 0.2) is 24.3 Å². The summed E-state index contributed by atoms with van der Waals surface area (Å²) in [6.45, 7) is 13.6. The highest BCUT2D eigenvalue weighted by Gasteiger charge is 2.27. The van der Waals surface area contributed by atoms with Crippen molar-refractivity contribution in [1.29, 1.82) is 0 Å². The first-order valence-electron chi connectivity index (χ1n) is 9.45. The smallest absolute Gasteiger partial charge is 0.251 e. The van der Waals surface area contributed by atoms with E-state index < -0.39 is 5.60 Å². The summed E-state index contributed by atoms with van der Waals surface area (Å²) >= 11 is 0. The fourth-order valence-corrected chi connectivity index (χ4v) is 3.12. The van der Waals surface area contributed by atoms with Gasteiger partial charge in [0.1, 0.15) is 0 Å². The van der Waals surface area contributed by atoms with E-state index in [0.717, 1.165) is 39.1 Å². The molecule has 1 saturated heterocycles. The molecule has 0 radical (unpaired) electrons. The van der Waals surface area contributed by atoms with Crippen molar-refractivity contribution in [1.82, 2.24) is 10.2 Å². The van der Waals surface area contributed by atoms with Crippen molar-refractivity contribution in [2.75, 3.05) is 44.2 Å². The highest BCUT2D eigenvalue weighted by atomic mass is 16.3. The summed E-state index contributed by atoms with van der Waals surface area (Å²) in [5, 5.41) is 13.3. The number of carbonyl (C=O) groups is 1. The number of aliphatic hydroxyl groups is 1. The fourth-order valence-electron chi connectivity index (χ4n) is 3.12. The van der Waals surface area contributed by atoms with Crippen LogP contribution in [0.1, 0.15) is 44.5 Å². The van der Waals surface area contributed by atoms with Gasteiger partial charge in [-0.2, -0.15) is 0 Å². The molecule has 1 amide bonds. The second-order valence-electron chi connectivity index (χ2n) is 7.32. The van der Waals surface area contributed by atoms with Crippen LogP contribution < -0.4 is 10.2 Å². The number of amides is 1. The van der Waals surface area contributed by atoms with Crippen LogP contribution in [-0.2, 0) is 0 Å². The quantitative estimate of drug-likeness (QED) is 0.795. The predicted octanol–water partition coefficient (Wildman–Crippen LogP) is 2.36. The molecule has 1 fully saturated rings. The maximum Gasteiger partial charge on any atom is 0.251 e. The average molecular weight is 348 g/mol. The van der Waals surface area contributed by atoms with Gasteiger partial charge < -0.3 is 20.2 Å². The van der Waals surface area contributed by atoms with Crippen LogP contribution in [-0.4, -0.2) is 60.8 Å². The standard InChI is InChI=1S/C20H33N3O2/c1-5-16(3)20(4,25)15-21-19(24)17-7-9-18(10-8-17)23-13-11-22(6-2)12-14-23/h7-10,16,25H,5-6,11-15H2,1-4H3,(H,21,24). The highest BCUT2D eigenvalue weighted by Crippen LogP contribution is 2.20. The van der Waals surface area contributed by atoms with Crippen molar-refractivity contribution in [3.63, 3.8) is 0 Å². The molecule has 0 saturated carbocycles. The predicted molar refractivity (Wildman–Crippen MR) is 103 cm³/mol. The molecule has 0 bridgehead atoms. The van der Waals surface area contributed by atoms with Gasteiger partial charge >= 0.3 is 0 Å². The molecule has 0 aromatic heterocycles. The van der Waals surface area contributed by atoms with Gasteiger partial charge in [0.15, 0.2) is 0 Å². The van der Waals surface area contributed by atoms with E-state index in [2.05, 4.69) is 22.0 Å². The number of carbonyl (C=O) groups excluding carboxylic acids is 1. The van der Waals surface area contributed by atoms with E-state index in [0.29, 0.717) is 5.56 Å². The molecule has 1 aliphatic rings. The van der Waals surface area contributed by atoms with E-state index in [1.165, 1.54) is 5.69 Å². The first-order valence-corrected chi connectivity index (χ1v) is 9.45. The molecule has 0 aliphatic carbocycles. The summed E-state index contributed by atoms with van der Waals surface area (Å²) in [6.07, 6.45) is 0.878. The van der Waals surface area contributed by atoms with Crippen molar-refractivity contribution in [3.05, 3.63) is 29.8 Å². The number of nitrogens with one attached hydrogen (secondary N) is 1. The largest absolute Gasteiger partial charge is 0.388 e. The number of piperazine rings is 1. The Bertz CT molecular complexity index is 549. The summed E-state index contributed by atoms with van der Waals surface area (Å²) in [5.74, 6) is 0.00268. The maximum absolute atomic E-state index is 12.3. The fraction of sp³-hybridized carbons (Fsp3) is 0.650. The molecule has 1 aromatic carbocycles. The topological polar surface area (TPSA) is 55.8 Å². The van der Waals surface area contributed by atoms with Crippen molar-refractivity contribution in [2.24, 2.45) is 5.92 Å². The lowest BCUT2D eigenvalue weighted by atomic mass is 9.88. The summed E-state index contributed by atoms with van der Waals surface area (Å²) < 4.78 is 0. The molecule has 2 rings (SSSR count). The number of anilines is 1. The molecule has 2 N–H and O–H groups in total. The Hall–Kier alpha value is -1.59. The van der Waals surface area contributed by atoms with Crippen LogP contribution in [0.25, 0.3) is 0 Å². The number of benzene rings is 1. The number of rotatable bonds is 7. The van der Waals surface area contributed by atoms with Gasteiger partial charge in [-0.1, -0.05) is 27.2 Å². The molecule has 1 aliphatic heterocycles. The highest BCUT2D eigenvalue weighted by molar-refractivity contribution is 5.94. The Balaban J connectivity index is 1.90. The van der Waals surface area contributed by atoms with Crippen LogP contribution in [0.3, 0.4) is 0 Å². The van der Waals surface area contributed by atoms with Gasteiger partial charge in [-0.25, -0.2) is 0 Å². The van der Waals surface area contributed by atoms with Crippen molar-refractivity contribution < 1.29 is 9.90 Å². The first-order chi connectivity index (χ1) is 11.9. The number of hydrogen-bond acceptors (Lipinski definition) is 4. The van der Waals surface area contributed by atoms with Gasteiger partial charge in [-0.05, 0) is 43.7 Å². The third kappa shape index (κ3) is 5.19. The lowest BCUT2D eigenvalue weighted by molar-refractivity contribution is 0.00592. The van der Waals surface area contributed by atoms with Crippen LogP contribution in [0.2, 0.25) is 0 Å². The summed E-state index contributed by atoms with van der Waals surface area (Å²) in [4.78, 5) is 17.1. The SMILES string of the molecule is CCC(C)C(C)(O)CNC(=O)c1ccc(N2CCN(CC)CC2)cc1. The van der Waals surface area contributed by atoms with Gasteiger partial charge in [-0.3, -0.25) is 4.79 Å². The second-order valence-corrected chi connectivity index (χ2v) is 7.32. The zero-order valence-electron chi connectivity index (χ0n) is 16.1. The number of likely N-dealkylation sites (N-methyl/N-ethyl adjacent to an activating group) is 1. The minimum absolute atomic E-state index is 0.133. The number of hydrogen-bond donors (Lipinski definition) is 2. The number of nitrogens with zero attached hydrogens (tertiary/aromatic N) is 2. The minimum Gasteiger partial charge on any atom is -0.388 e. The van der Waals surface area contributed by atoms with E-state index in [1.807, 2.05) is 38.1 Å². The molecule has 140 valence electrons. The van der Waals surface area contributed by atoms with Crippen LogP contribution >= 0.6 is 0 Å². The zero-order valence-corrected chi connectivity index (χ0v) is 16.1. The minimum atomic E-state index is -0.886. The van der Waals surface area contributed by atoms with E-state index in [-0.39, 0.29) is 18.4 Å². The molecular formula is C20H33N3O2. The maximum atomic E-state index is 12.3. The lowest BCUT2D eigenvalue weighted by Crippen LogP contribution is -2.46. The Kier molecular flexibility index (Phi) is 6.85. The zero-order chi connectivity index (χ0) is 18.4. The molecule has 2 atom stereocenters. The third-order valence-corrected chi connectivity index (χ3v) is 5.60. The van der Waals surface area contributed by atoms with Crippen molar-refractivity contribution >= 4 is 11.6 Å². The molecule has 1 aromatic rings. The van der Waals surface area contributed by atoms with Crippen molar-refractivity contribution in [3.8, 4) is 0 Å². The third-order valence-electron chi connectivity index (χ3n) is 5.60. The Labute approximate surface area is 152 Å².